The maximum absolute atomic E-state index is 12.8. The molecular weight excluding hydrogens is 481 g/mol. The second-order valence-electron chi connectivity index (χ2n) is 4.41. The van der Waals surface area contributed by atoms with Gasteiger partial charge in [0, 0.05) is 25.0 Å². The first-order valence-electron chi connectivity index (χ1n) is 13.5. The van der Waals surface area contributed by atoms with Crippen LogP contribution in [0.2, 0.25) is 1.41 Å². The molecule has 0 saturated carbocycles. The van der Waals surface area contributed by atoms with Gasteiger partial charge in [-0.1, -0.05) is 0 Å². The molecule has 2 rings (SSSR count). The largest absolute Gasteiger partial charge is 1.00 e. The number of hydrogen-bond donors (Lipinski definition) is 4. The fourth-order valence-corrected chi connectivity index (χ4v) is 4.08. The van der Waals surface area contributed by atoms with Gasteiger partial charge in [-0.25, -0.2) is 18.0 Å². The van der Waals surface area contributed by atoms with Crippen molar-refractivity contribution in [2.75, 3.05) is 6.56 Å². The zero-order chi connectivity index (χ0) is 34.9. The van der Waals surface area contributed by atoms with Crippen molar-refractivity contribution < 1.29 is 110 Å². The summed E-state index contributed by atoms with van der Waals surface area (Å²) in [6.45, 7) is -8.40. The van der Waals surface area contributed by atoms with Crippen molar-refractivity contribution in [3.05, 3.63) is 32.6 Å². The number of nitrogens with zero attached hydrogens (tertiary/aromatic N) is 1. The molecular formula is C10H15Li2N2O14P3. The van der Waals surface area contributed by atoms with Crippen LogP contribution >= 0.6 is 23.5 Å². The number of aromatic amines is 1. The first-order chi connectivity index (χ1) is 19.4. The van der Waals surface area contributed by atoms with E-state index >= 15 is 0 Å². The molecule has 0 radical (unpaired) electrons. The number of H-pyrrole nitrogens is 1. The average Bonchev–Trinajstić information content (AvgIpc) is 2.96. The van der Waals surface area contributed by atoms with Gasteiger partial charge in [-0.05, 0) is 6.85 Å². The number of aliphatic hydroxyl groups is 1. The molecule has 16 nitrogen and oxygen atoms in total. The van der Waals surface area contributed by atoms with Gasteiger partial charge >= 0.3 is 51.2 Å². The van der Waals surface area contributed by atoms with Crippen LogP contribution in [0.1, 0.15) is 33.2 Å². The molecule has 166 valence electrons. The molecule has 0 spiro atoms. The second kappa shape index (κ2) is 11.6. The van der Waals surface area contributed by atoms with Crippen LogP contribution < -0.4 is 58.8 Å². The molecule has 0 aliphatic carbocycles. The Morgan fingerprint density at radius 2 is 2.19 bits per heavy atom. The van der Waals surface area contributed by atoms with E-state index in [0.717, 1.165) is 0 Å². The molecule has 1 aliphatic rings. The van der Waals surface area contributed by atoms with E-state index in [1.807, 2.05) is 0 Å². The molecule has 3 unspecified atom stereocenters. The first kappa shape index (κ1) is 13.9. The molecule has 0 amide bonds. The smallest absolute Gasteiger partial charge is 0.756 e. The SMILES string of the molecule is [2H]O[C@@]1([2H])C([2H])([2H])[C@]([2H])([15n]2c([2H])c(C([2H])([2H])[2H])c(=O)[15n]([2H])c2=O)O[C@]1([2H])C([2H])([2H])OP(=O)(O[2H])OP(=O)([O-])OP(=O)([O-])O[2H].[Li+].[Li+]. The Kier molecular flexibility index (Phi) is 5.20. The van der Waals surface area contributed by atoms with Crippen molar-refractivity contribution in [1.29, 1.82) is 4.29 Å². The molecule has 21 heteroatoms. The fourth-order valence-electron chi connectivity index (χ4n) is 1.40. The zero-order valence-corrected chi connectivity index (χ0v) is 17.6. The Hall–Kier alpha value is 0.205. The van der Waals surface area contributed by atoms with Gasteiger partial charge in [0.25, 0.3) is 21.2 Å². The molecule has 31 heavy (non-hydrogen) atoms. The summed E-state index contributed by atoms with van der Waals surface area (Å²) in [6, 6.07) is 0. The van der Waals surface area contributed by atoms with Gasteiger partial charge in [-0.2, -0.15) is 0 Å². The summed E-state index contributed by atoms with van der Waals surface area (Å²) in [5.41, 5.74) is -5.99. The van der Waals surface area contributed by atoms with E-state index in [1.54, 1.807) is 0 Å². The van der Waals surface area contributed by atoms with E-state index < -0.39 is 94.1 Å². The summed E-state index contributed by atoms with van der Waals surface area (Å²) < 4.78 is 165. The Bertz CT molecular complexity index is 1600. The third-order valence-electron chi connectivity index (χ3n) is 2.30. The molecule has 4 N–H and O–H groups in total. The van der Waals surface area contributed by atoms with Crippen LogP contribution in [-0.4, -0.2) is 47.5 Å². The van der Waals surface area contributed by atoms with Crippen molar-refractivity contribution >= 4 is 23.5 Å². The molecule has 2 heterocycles. The van der Waals surface area contributed by atoms with Crippen LogP contribution in [0.3, 0.4) is 0 Å². The molecule has 1 fully saturated rings. The van der Waals surface area contributed by atoms with Gasteiger partial charge in [0.15, 0.2) is 1.41 Å². The molecule has 0 aromatic carbocycles. The third kappa shape index (κ3) is 9.53. The summed E-state index contributed by atoms with van der Waals surface area (Å²) in [5.74, 6) is 0. The number of aromatic nitrogens is 2. The number of ether oxygens (including phenoxy) is 1. The standard InChI is InChI=1S/C10H17N2O14P3.2Li/c1-5-3-12(10(15)11-9(5)14)8-2-6(13)7(24-8)4-23-28(19,20)26-29(21,22)25-27(16,17)18;;/h3,6-8,13H,2,4H2,1H3,(H,19,20)(H,21,22)(H,11,14,15)(H2,16,17,18);;/q;2*+1/p-2/t6-,7+,8+;;/m0../s1/i1D3,2D2,3D,4D2,6D,7D,8D,11+1,12+1,13D;;/hD3. The minimum Gasteiger partial charge on any atom is -0.756 e. The van der Waals surface area contributed by atoms with Gasteiger partial charge in [0.2, 0.25) is 4.29 Å². The van der Waals surface area contributed by atoms with Crippen molar-refractivity contribution in [1.82, 2.24) is 9.54 Å². The number of rotatable bonds is 11. The number of phosphoric acid groups is 3. The number of phosphoric ester groups is 1. The number of nitrogens with one attached hydrogen (secondary N) is 1. The summed E-state index contributed by atoms with van der Waals surface area (Å²) in [5, 5.41) is 3.80. The van der Waals surface area contributed by atoms with Crippen LogP contribution in [0.4, 0.5) is 0 Å². The topological polar surface area (TPSA) is 250 Å². The zero-order valence-electron chi connectivity index (χ0n) is 30.0. The van der Waals surface area contributed by atoms with Crippen LogP contribution in [0, 0.1) is 6.85 Å². The minimum absolute atomic E-state index is 0. The number of hydrogen-bond acceptors (Lipinski definition) is 14. The van der Waals surface area contributed by atoms with Gasteiger partial charge in [-0.15, -0.1) is 0 Å². The second-order valence-corrected chi connectivity index (χ2v) is 8.58. The molecule has 1 aliphatic heterocycles. The van der Waals surface area contributed by atoms with Gasteiger partial charge < -0.3 is 29.4 Å². The fraction of sp³-hybridized carbons (Fsp3) is 0.600. The average molecular weight is 511 g/mol. The summed E-state index contributed by atoms with van der Waals surface area (Å²) in [7, 11) is -19.3. The van der Waals surface area contributed by atoms with Crippen molar-refractivity contribution in [3.63, 3.8) is 0 Å². The van der Waals surface area contributed by atoms with Gasteiger partial charge in [0.1, 0.15) is 12.3 Å². The normalized spacial score (nSPS) is 43.1. The predicted octanol–water partition coefficient (Wildman–Crippen LogP) is -8.42. The van der Waals surface area contributed by atoms with Crippen LogP contribution in [0.15, 0.2) is 15.8 Å². The van der Waals surface area contributed by atoms with E-state index in [9.17, 15) is 33.1 Å². The maximum atomic E-state index is 12.8. The van der Waals surface area contributed by atoms with Crippen molar-refractivity contribution in [3.8, 4) is 0 Å². The maximum Gasteiger partial charge on any atom is 1.00 e. The molecule has 6 atom stereocenters. The summed E-state index contributed by atoms with van der Waals surface area (Å²) in [4.78, 5) is 53.3. The molecule has 0 bridgehead atoms. The van der Waals surface area contributed by atoms with Crippen LogP contribution in [0.25, 0.3) is 0 Å². The van der Waals surface area contributed by atoms with Crippen LogP contribution in [-0.2, 0) is 31.6 Å². The van der Waals surface area contributed by atoms with Crippen LogP contribution in [0.5, 0.6) is 0 Å². The van der Waals surface area contributed by atoms with E-state index in [2.05, 4.69) is 32.8 Å². The predicted molar refractivity (Wildman–Crippen MR) is 86.0 cm³/mol. The van der Waals surface area contributed by atoms with E-state index in [-0.39, 0.29) is 37.7 Å². The Morgan fingerprint density at radius 3 is 2.77 bits per heavy atom. The summed E-state index contributed by atoms with van der Waals surface area (Å²) >= 11 is 0. The van der Waals surface area contributed by atoms with Gasteiger partial charge in [0.05, 0.1) is 20.9 Å². The Balaban J connectivity index is 0.0000101. The quantitative estimate of drug-likeness (QED) is 0.159. The third-order valence-corrected chi connectivity index (χ3v) is 5.82. The molecule has 1 aromatic rings. The first-order valence-corrected chi connectivity index (χ1v) is 10.7. The van der Waals surface area contributed by atoms with E-state index in [0.29, 0.717) is 0 Å². The van der Waals surface area contributed by atoms with E-state index in [1.165, 1.54) is 0 Å². The van der Waals surface area contributed by atoms with E-state index in [4.69, 9.17) is 20.8 Å². The van der Waals surface area contributed by atoms with Crippen molar-refractivity contribution in [2.24, 2.45) is 0 Å². The monoisotopic (exact) mass is 511 g/mol. The minimum atomic E-state index is -6.67. The molecule has 1 saturated heterocycles. The Morgan fingerprint density at radius 1 is 1.48 bits per heavy atom. The van der Waals surface area contributed by atoms with Gasteiger partial charge in [-0.3, -0.25) is 28.0 Å². The molecule has 1 aromatic heterocycles. The Labute approximate surface area is 219 Å². The van der Waals surface area contributed by atoms with Crippen molar-refractivity contribution in [2.45, 2.75) is 31.6 Å². The summed E-state index contributed by atoms with van der Waals surface area (Å²) in [6.07, 6.45) is -19.7.